The first kappa shape index (κ1) is 19.3. The van der Waals surface area contributed by atoms with Crippen LogP contribution in [0.5, 0.6) is 5.75 Å². The van der Waals surface area contributed by atoms with E-state index in [1.165, 1.54) is 11.3 Å². The van der Waals surface area contributed by atoms with E-state index < -0.39 is 0 Å². The smallest absolute Gasteiger partial charge is 0.211 e. The molecule has 0 spiro atoms. The van der Waals surface area contributed by atoms with Crippen LogP contribution in [0.3, 0.4) is 0 Å². The Hall–Kier alpha value is -3.03. The van der Waals surface area contributed by atoms with Crippen LogP contribution in [0, 0.1) is 0 Å². The maximum Gasteiger partial charge on any atom is 0.211 e. The Bertz CT molecular complexity index is 1210. The molecule has 0 aliphatic rings. The fraction of sp³-hybridized carbons (Fsp3) is 0.0455. The Morgan fingerprint density at radius 1 is 1.07 bits per heavy atom. The van der Waals surface area contributed by atoms with E-state index in [-0.39, 0.29) is 0 Å². The van der Waals surface area contributed by atoms with Crippen LogP contribution in [0.1, 0.15) is 5.56 Å². The first-order valence-corrected chi connectivity index (χ1v) is 10.5. The number of hydrogen-bond donors (Lipinski definition) is 0. The van der Waals surface area contributed by atoms with E-state index in [0.717, 1.165) is 37.5 Å². The van der Waals surface area contributed by atoms with Crippen LogP contribution < -0.4 is 9.54 Å². The van der Waals surface area contributed by atoms with Crippen LogP contribution in [-0.2, 0) is 0 Å². The minimum Gasteiger partial charge on any atom is -0.497 e. The summed E-state index contributed by atoms with van der Waals surface area (Å²) in [7, 11) is 1.65. The molecule has 7 heteroatoms. The van der Waals surface area contributed by atoms with Gasteiger partial charge in [0.1, 0.15) is 5.75 Å². The maximum absolute atomic E-state index is 5.31. The zero-order valence-corrected chi connectivity index (χ0v) is 18.0. The monoisotopic (exact) mass is 464 g/mol. The summed E-state index contributed by atoms with van der Waals surface area (Å²) >= 11 is 5.08. The highest BCUT2D eigenvalue weighted by atomic mass is 79.9. The fourth-order valence-electron chi connectivity index (χ4n) is 2.70. The highest BCUT2D eigenvalue weighted by Crippen LogP contribution is 2.24. The lowest BCUT2D eigenvalue weighted by Gasteiger charge is -2.04. The number of hydrogen-bond acceptors (Lipinski definition) is 5. The number of pyridine rings is 1. The number of nitrogens with zero attached hydrogens (tertiary/aromatic N) is 4. The Balaban J connectivity index is 1.85. The summed E-state index contributed by atoms with van der Waals surface area (Å²) in [5, 5.41) is 6.78. The van der Waals surface area contributed by atoms with Gasteiger partial charge in [-0.2, -0.15) is 5.10 Å². The molecule has 0 radical (unpaired) electrons. The summed E-state index contributed by atoms with van der Waals surface area (Å²) in [4.78, 5) is 9.61. The second-order valence-electron chi connectivity index (χ2n) is 6.06. The second kappa shape index (κ2) is 8.98. The molecular weight excluding hydrogens is 448 g/mol. The lowest BCUT2D eigenvalue weighted by atomic mass is 10.2. The summed E-state index contributed by atoms with van der Waals surface area (Å²) in [6.45, 7) is 0. The van der Waals surface area contributed by atoms with Gasteiger partial charge >= 0.3 is 0 Å². The minimum absolute atomic E-state index is 0.763. The van der Waals surface area contributed by atoms with E-state index >= 15 is 0 Å². The summed E-state index contributed by atoms with van der Waals surface area (Å²) in [6.07, 6.45) is 5.30. The first-order chi connectivity index (χ1) is 14.2. The molecule has 0 fully saturated rings. The highest BCUT2D eigenvalue weighted by molar-refractivity contribution is 9.10. The number of thiazole rings is 1. The molecular formula is C22H17BrN4OS. The van der Waals surface area contributed by atoms with E-state index in [4.69, 9.17) is 14.8 Å². The number of aromatic nitrogens is 2. The minimum atomic E-state index is 0.763. The third kappa shape index (κ3) is 4.70. The average molecular weight is 465 g/mol. The van der Waals surface area contributed by atoms with Gasteiger partial charge in [-0.25, -0.2) is 9.67 Å². The van der Waals surface area contributed by atoms with Gasteiger partial charge < -0.3 is 4.74 Å². The molecule has 0 unspecified atom stereocenters. The fourth-order valence-corrected chi connectivity index (χ4v) is 3.95. The van der Waals surface area contributed by atoms with Gasteiger partial charge in [0.05, 0.1) is 24.7 Å². The van der Waals surface area contributed by atoms with Crippen LogP contribution in [0.4, 0.5) is 5.69 Å². The van der Waals surface area contributed by atoms with Crippen molar-refractivity contribution in [3.8, 4) is 17.0 Å². The molecule has 0 aliphatic carbocycles. The molecule has 2 aromatic carbocycles. The molecule has 0 atom stereocenters. The van der Waals surface area contributed by atoms with Crippen molar-refractivity contribution in [3.05, 3.63) is 93.3 Å². The molecule has 5 nitrogen and oxygen atoms in total. The summed E-state index contributed by atoms with van der Waals surface area (Å²) in [5.41, 5.74) is 3.78. The predicted molar refractivity (Wildman–Crippen MR) is 121 cm³/mol. The third-order valence-corrected chi connectivity index (χ3v) is 5.42. The molecule has 144 valence electrons. The molecule has 2 aromatic heterocycles. The number of rotatable bonds is 5. The van der Waals surface area contributed by atoms with Crippen LogP contribution in [0.2, 0.25) is 0 Å². The van der Waals surface area contributed by atoms with Gasteiger partial charge in [-0.1, -0.05) is 34.1 Å². The lowest BCUT2D eigenvalue weighted by molar-refractivity contribution is 0.415. The zero-order chi connectivity index (χ0) is 20.1. The van der Waals surface area contributed by atoms with E-state index in [0.29, 0.717) is 0 Å². The Kier molecular flexibility index (Phi) is 5.97. The van der Waals surface area contributed by atoms with Crippen molar-refractivity contribution in [1.29, 1.82) is 0 Å². The van der Waals surface area contributed by atoms with Crippen molar-refractivity contribution in [3.63, 3.8) is 0 Å². The molecule has 0 aliphatic heterocycles. The predicted octanol–water partition coefficient (Wildman–Crippen LogP) is 5.50. The highest BCUT2D eigenvalue weighted by Gasteiger charge is 2.08. The molecule has 29 heavy (non-hydrogen) atoms. The quantitative estimate of drug-likeness (QED) is 0.366. The van der Waals surface area contributed by atoms with E-state index in [1.807, 2.05) is 53.2 Å². The van der Waals surface area contributed by atoms with Crippen LogP contribution in [0.15, 0.2) is 93.0 Å². The molecule has 4 aromatic rings. The third-order valence-electron chi connectivity index (χ3n) is 4.11. The molecule has 0 saturated carbocycles. The maximum atomic E-state index is 5.31. The van der Waals surface area contributed by atoms with E-state index in [1.54, 1.807) is 25.7 Å². The standard InChI is InChI=1S/C22H17BrN4OS/c1-28-20-7-3-6-19(13-20)26-22-27(25-14-16-8-10-24-11-9-16)21(15-29-22)17-4-2-5-18(23)12-17/h2-15H,1H3/b25-14+,26-22?. The van der Waals surface area contributed by atoms with Gasteiger partial charge in [0, 0.05) is 33.9 Å². The number of ether oxygens (including phenoxy) is 1. The number of methoxy groups -OCH3 is 1. The number of halogens is 1. The summed E-state index contributed by atoms with van der Waals surface area (Å²) in [5.74, 6) is 0.766. The van der Waals surface area contributed by atoms with Gasteiger partial charge in [-0.05, 0) is 42.0 Å². The Morgan fingerprint density at radius 2 is 1.90 bits per heavy atom. The van der Waals surface area contributed by atoms with E-state index in [9.17, 15) is 0 Å². The summed E-state index contributed by atoms with van der Waals surface area (Å²) in [6, 6.07) is 19.6. The van der Waals surface area contributed by atoms with Crippen LogP contribution in [0.25, 0.3) is 11.3 Å². The van der Waals surface area contributed by atoms with Crippen molar-refractivity contribution < 1.29 is 4.74 Å². The number of benzene rings is 2. The molecule has 0 bridgehead atoms. The van der Waals surface area contributed by atoms with Gasteiger partial charge in [0.25, 0.3) is 0 Å². The van der Waals surface area contributed by atoms with Crippen molar-refractivity contribution in [1.82, 2.24) is 9.66 Å². The van der Waals surface area contributed by atoms with Gasteiger partial charge in [-0.3, -0.25) is 4.98 Å². The van der Waals surface area contributed by atoms with Crippen molar-refractivity contribution in [2.24, 2.45) is 10.1 Å². The van der Waals surface area contributed by atoms with Gasteiger partial charge in [-0.15, -0.1) is 11.3 Å². The molecule has 2 heterocycles. The largest absolute Gasteiger partial charge is 0.497 e. The van der Waals surface area contributed by atoms with Crippen LogP contribution in [-0.4, -0.2) is 23.0 Å². The molecule has 0 saturated heterocycles. The SMILES string of the molecule is COc1cccc(N=c2scc(-c3cccc(Br)c3)n2/N=C/c2ccncc2)c1. The van der Waals surface area contributed by atoms with E-state index in [2.05, 4.69) is 38.4 Å². The van der Waals surface area contributed by atoms with Gasteiger partial charge in [0.2, 0.25) is 4.80 Å². The molecule has 0 amide bonds. The second-order valence-corrected chi connectivity index (χ2v) is 7.82. The van der Waals surface area contributed by atoms with Crippen LogP contribution >= 0.6 is 27.3 Å². The first-order valence-electron chi connectivity index (χ1n) is 8.82. The Morgan fingerprint density at radius 3 is 2.69 bits per heavy atom. The molecule has 0 N–H and O–H groups in total. The summed E-state index contributed by atoms with van der Waals surface area (Å²) < 4.78 is 8.18. The van der Waals surface area contributed by atoms with Crippen molar-refractivity contribution >= 4 is 39.2 Å². The zero-order valence-electron chi connectivity index (χ0n) is 15.6. The lowest BCUT2D eigenvalue weighted by Crippen LogP contribution is -2.11. The van der Waals surface area contributed by atoms with Crippen molar-refractivity contribution in [2.75, 3.05) is 7.11 Å². The Labute approximate surface area is 180 Å². The topological polar surface area (TPSA) is 51.8 Å². The normalized spacial score (nSPS) is 11.9. The average Bonchev–Trinajstić information content (AvgIpc) is 3.15. The molecule has 4 rings (SSSR count). The van der Waals surface area contributed by atoms with Gasteiger partial charge in [0.15, 0.2) is 0 Å². The van der Waals surface area contributed by atoms with Crippen molar-refractivity contribution in [2.45, 2.75) is 0 Å².